The van der Waals surface area contributed by atoms with E-state index in [4.69, 9.17) is 4.42 Å². The third-order valence-corrected chi connectivity index (χ3v) is 4.78. The number of aromatic nitrogens is 1. The first-order valence-corrected chi connectivity index (χ1v) is 10.0. The monoisotopic (exact) mass is 497 g/mol. The van der Waals surface area contributed by atoms with Crippen molar-refractivity contribution in [2.75, 3.05) is 32.7 Å². The molecule has 0 aliphatic carbocycles. The van der Waals surface area contributed by atoms with Crippen LogP contribution >= 0.6 is 24.0 Å². The van der Waals surface area contributed by atoms with Gasteiger partial charge in [-0.05, 0) is 39.8 Å². The Morgan fingerprint density at radius 1 is 1.14 bits per heavy atom. The molecule has 0 saturated carbocycles. The number of nitrogens with one attached hydrogen (secondary N) is 2. The van der Waals surface area contributed by atoms with Gasteiger partial charge in [-0.3, -0.25) is 0 Å². The highest BCUT2D eigenvalue weighted by atomic mass is 127. The minimum atomic E-state index is 0. The summed E-state index contributed by atoms with van der Waals surface area (Å²) >= 11 is 0. The number of hydrogen-bond acceptors (Lipinski definition) is 4. The van der Waals surface area contributed by atoms with Crippen LogP contribution in [-0.2, 0) is 6.54 Å². The van der Waals surface area contributed by atoms with Gasteiger partial charge in [0, 0.05) is 25.2 Å². The van der Waals surface area contributed by atoms with Crippen molar-refractivity contribution in [1.82, 2.24) is 20.5 Å². The van der Waals surface area contributed by atoms with Crippen LogP contribution in [0.1, 0.15) is 37.6 Å². The second-order valence-electron chi connectivity index (χ2n) is 7.01. The fraction of sp³-hybridized carbons (Fsp3) is 0.524. The quantitative estimate of drug-likeness (QED) is 0.346. The van der Waals surface area contributed by atoms with Gasteiger partial charge < -0.3 is 20.0 Å². The summed E-state index contributed by atoms with van der Waals surface area (Å²) in [6.07, 6.45) is 5.78. The molecule has 0 spiro atoms. The average molecular weight is 497 g/mol. The molecule has 1 aliphatic rings. The summed E-state index contributed by atoms with van der Waals surface area (Å²) in [5.41, 5.74) is 2.27. The van der Waals surface area contributed by atoms with E-state index in [1.54, 1.807) is 6.20 Å². The zero-order chi connectivity index (χ0) is 18.9. The number of nitrogens with zero attached hydrogens (tertiary/aromatic N) is 3. The number of aryl methyl sites for hydroxylation is 1. The van der Waals surface area contributed by atoms with Gasteiger partial charge in [-0.25, -0.2) is 9.98 Å². The van der Waals surface area contributed by atoms with Crippen LogP contribution in [0.2, 0.25) is 0 Å². The van der Waals surface area contributed by atoms with Crippen LogP contribution in [0.25, 0.3) is 11.3 Å². The van der Waals surface area contributed by atoms with Gasteiger partial charge in [-0.15, -0.1) is 24.0 Å². The van der Waals surface area contributed by atoms with E-state index in [2.05, 4.69) is 63.6 Å². The van der Waals surface area contributed by atoms with E-state index < -0.39 is 0 Å². The molecule has 0 radical (unpaired) electrons. The van der Waals surface area contributed by atoms with Crippen molar-refractivity contribution in [2.24, 2.45) is 4.99 Å². The first-order valence-electron chi connectivity index (χ1n) is 10.0. The zero-order valence-electron chi connectivity index (χ0n) is 16.9. The van der Waals surface area contributed by atoms with Gasteiger partial charge in [0.05, 0.1) is 6.20 Å². The minimum absolute atomic E-state index is 0. The fourth-order valence-corrected chi connectivity index (χ4v) is 3.24. The Hall–Kier alpha value is -1.61. The van der Waals surface area contributed by atoms with E-state index >= 15 is 0 Å². The molecule has 28 heavy (non-hydrogen) atoms. The molecule has 0 unspecified atom stereocenters. The summed E-state index contributed by atoms with van der Waals surface area (Å²) in [6, 6.07) is 8.25. The molecule has 1 saturated heterocycles. The molecule has 6 nitrogen and oxygen atoms in total. The zero-order valence-corrected chi connectivity index (χ0v) is 19.2. The topological polar surface area (TPSA) is 65.7 Å². The maximum Gasteiger partial charge on any atom is 0.216 e. The lowest BCUT2D eigenvalue weighted by Gasteiger charge is -2.26. The highest BCUT2D eigenvalue weighted by molar-refractivity contribution is 14.0. The highest BCUT2D eigenvalue weighted by Gasteiger charge is 2.10. The summed E-state index contributed by atoms with van der Waals surface area (Å²) in [4.78, 5) is 11.5. The molecular formula is C21H32IN5O. The molecule has 2 heterocycles. The molecule has 1 aromatic heterocycles. The molecule has 1 aliphatic heterocycles. The third-order valence-electron chi connectivity index (χ3n) is 4.78. The Bertz CT molecular complexity index is 723. The predicted molar refractivity (Wildman–Crippen MR) is 125 cm³/mol. The number of oxazole rings is 1. The van der Waals surface area contributed by atoms with Gasteiger partial charge in [-0.1, -0.05) is 36.2 Å². The van der Waals surface area contributed by atoms with Crippen LogP contribution in [0.3, 0.4) is 0 Å². The van der Waals surface area contributed by atoms with Gasteiger partial charge >= 0.3 is 0 Å². The van der Waals surface area contributed by atoms with Gasteiger partial charge in [0.25, 0.3) is 0 Å². The maximum atomic E-state index is 5.86. The molecule has 1 aromatic carbocycles. The summed E-state index contributed by atoms with van der Waals surface area (Å²) in [5.74, 6) is 2.21. The Labute approximate surface area is 185 Å². The Kier molecular flexibility index (Phi) is 9.77. The normalized spacial score (nSPS) is 15.1. The van der Waals surface area contributed by atoms with E-state index in [0.29, 0.717) is 12.4 Å². The van der Waals surface area contributed by atoms with Crippen LogP contribution in [0.5, 0.6) is 0 Å². The summed E-state index contributed by atoms with van der Waals surface area (Å²) in [6.45, 7) is 9.78. The molecule has 0 bridgehead atoms. The van der Waals surface area contributed by atoms with E-state index in [1.807, 2.05) is 0 Å². The standard InChI is InChI=1S/C21H31N5O.HI/c1-3-22-21(23-11-14-26-12-5-4-6-13-26)25-16-20-24-15-19(27-20)18-9-7-17(2)8-10-18;/h7-10,15H,3-6,11-14,16H2,1-2H3,(H2,22,23,25);1H. The second-order valence-corrected chi connectivity index (χ2v) is 7.01. The fourth-order valence-electron chi connectivity index (χ4n) is 3.24. The lowest BCUT2D eigenvalue weighted by atomic mass is 10.1. The van der Waals surface area contributed by atoms with Gasteiger partial charge in [-0.2, -0.15) is 0 Å². The van der Waals surface area contributed by atoms with E-state index in [1.165, 1.54) is 37.9 Å². The molecule has 1 fully saturated rings. The van der Waals surface area contributed by atoms with Crippen molar-refractivity contribution in [2.45, 2.75) is 39.7 Å². The first kappa shape index (κ1) is 22.7. The van der Waals surface area contributed by atoms with Crippen molar-refractivity contribution < 1.29 is 4.42 Å². The van der Waals surface area contributed by atoms with Gasteiger partial charge in [0.2, 0.25) is 5.89 Å². The lowest BCUT2D eigenvalue weighted by Crippen LogP contribution is -2.42. The predicted octanol–water partition coefficient (Wildman–Crippen LogP) is 3.81. The van der Waals surface area contributed by atoms with Crippen LogP contribution in [0, 0.1) is 6.92 Å². The van der Waals surface area contributed by atoms with Crippen molar-refractivity contribution in [1.29, 1.82) is 0 Å². The number of likely N-dealkylation sites (tertiary alicyclic amines) is 1. The molecule has 0 amide bonds. The van der Waals surface area contributed by atoms with Gasteiger partial charge in [0.1, 0.15) is 6.54 Å². The van der Waals surface area contributed by atoms with Crippen LogP contribution in [0.4, 0.5) is 0 Å². The van der Waals surface area contributed by atoms with Crippen molar-refractivity contribution in [3.63, 3.8) is 0 Å². The molecule has 7 heteroatoms. The van der Waals surface area contributed by atoms with Crippen LogP contribution in [0.15, 0.2) is 39.9 Å². The average Bonchev–Trinajstić information content (AvgIpc) is 3.16. The Morgan fingerprint density at radius 2 is 1.89 bits per heavy atom. The SMILES string of the molecule is CCNC(=NCc1ncc(-c2ccc(C)cc2)o1)NCCN1CCCCC1.I. The highest BCUT2D eigenvalue weighted by Crippen LogP contribution is 2.21. The lowest BCUT2D eigenvalue weighted by molar-refractivity contribution is 0.232. The largest absolute Gasteiger partial charge is 0.439 e. The molecule has 2 N–H and O–H groups in total. The van der Waals surface area contributed by atoms with Crippen molar-refractivity contribution in [3.05, 3.63) is 41.9 Å². The van der Waals surface area contributed by atoms with E-state index in [0.717, 1.165) is 36.9 Å². The van der Waals surface area contributed by atoms with Crippen molar-refractivity contribution in [3.8, 4) is 11.3 Å². The second kappa shape index (κ2) is 12.1. The molecular weight excluding hydrogens is 465 g/mol. The van der Waals surface area contributed by atoms with Crippen molar-refractivity contribution >= 4 is 29.9 Å². The van der Waals surface area contributed by atoms with E-state index in [-0.39, 0.29) is 24.0 Å². The Balaban J connectivity index is 0.00000280. The number of benzene rings is 1. The van der Waals surface area contributed by atoms with Crippen LogP contribution in [-0.4, -0.2) is 48.6 Å². The number of piperidine rings is 1. The first-order chi connectivity index (χ1) is 13.2. The maximum absolute atomic E-state index is 5.86. The number of halogens is 1. The molecule has 154 valence electrons. The van der Waals surface area contributed by atoms with Gasteiger partial charge in [0.15, 0.2) is 11.7 Å². The molecule has 2 aromatic rings. The summed E-state index contributed by atoms with van der Waals surface area (Å²) in [7, 11) is 0. The number of hydrogen-bond donors (Lipinski definition) is 2. The van der Waals surface area contributed by atoms with E-state index in [9.17, 15) is 0 Å². The summed E-state index contributed by atoms with van der Waals surface area (Å²) in [5, 5.41) is 6.70. The number of aliphatic imine (C=N–C) groups is 1. The molecule has 3 rings (SSSR count). The third kappa shape index (κ3) is 7.09. The molecule has 0 atom stereocenters. The smallest absolute Gasteiger partial charge is 0.216 e. The number of guanidine groups is 1. The number of rotatable bonds is 7. The summed E-state index contributed by atoms with van der Waals surface area (Å²) < 4.78 is 5.86. The van der Waals surface area contributed by atoms with Crippen LogP contribution < -0.4 is 10.6 Å². The minimum Gasteiger partial charge on any atom is -0.439 e. The Morgan fingerprint density at radius 3 is 2.61 bits per heavy atom.